The third kappa shape index (κ3) is 4.53. The Morgan fingerprint density at radius 1 is 1.41 bits per heavy atom. The third-order valence-electron chi connectivity index (χ3n) is 2.92. The van der Waals surface area contributed by atoms with Gasteiger partial charge in [0.1, 0.15) is 5.82 Å². The second-order valence-electron chi connectivity index (χ2n) is 4.64. The Labute approximate surface area is 127 Å². The van der Waals surface area contributed by atoms with E-state index in [1.807, 2.05) is 6.92 Å². The first kappa shape index (κ1) is 15.9. The number of anilines is 1. The second-order valence-corrected chi connectivity index (χ2v) is 4.64. The Hall–Kier alpha value is -2.47. The summed E-state index contributed by atoms with van der Waals surface area (Å²) in [4.78, 5) is 15.9. The van der Waals surface area contributed by atoms with Gasteiger partial charge in [0.05, 0.1) is 31.0 Å². The van der Waals surface area contributed by atoms with Gasteiger partial charge in [0, 0.05) is 6.07 Å². The molecule has 2 N–H and O–H groups in total. The number of carbonyl (C=O) groups is 1. The Bertz CT molecular complexity index is 632. The maximum Gasteiger partial charge on any atom is 0.227 e. The fourth-order valence-corrected chi connectivity index (χ4v) is 1.91. The molecule has 1 amide bonds. The average molecular weight is 304 g/mol. The SMILES string of the molecule is CCOc1ccc(NC(=O)CC(O)c2cccc(F)c2)cn1. The van der Waals surface area contributed by atoms with Gasteiger partial charge in [-0.2, -0.15) is 0 Å². The van der Waals surface area contributed by atoms with Gasteiger partial charge in [0.2, 0.25) is 11.8 Å². The smallest absolute Gasteiger partial charge is 0.227 e. The average Bonchev–Trinajstić information content (AvgIpc) is 2.49. The predicted molar refractivity (Wildman–Crippen MR) is 80.0 cm³/mol. The number of rotatable bonds is 6. The molecule has 0 fully saturated rings. The van der Waals surface area contributed by atoms with Crippen LogP contribution in [0.5, 0.6) is 5.88 Å². The molecule has 0 saturated carbocycles. The quantitative estimate of drug-likeness (QED) is 0.860. The number of nitrogens with one attached hydrogen (secondary N) is 1. The van der Waals surface area contributed by atoms with E-state index in [0.29, 0.717) is 23.7 Å². The summed E-state index contributed by atoms with van der Waals surface area (Å²) in [5.41, 5.74) is 0.861. The Balaban J connectivity index is 1.92. The molecule has 1 heterocycles. The highest BCUT2D eigenvalue weighted by molar-refractivity contribution is 5.90. The molecule has 0 spiro atoms. The molecule has 0 radical (unpaired) electrons. The van der Waals surface area contributed by atoms with E-state index in [9.17, 15) is 14.3 Å². The number of amides is 1. The number of benzene rings is 1. The van der Waals surface area contributed by atoms with Gasteiger partial charge in [0.15, 0.2) is 0 Å². The topological polar surface area (TPSA) is 71.5 Å². The molecule has 1 unspecified atom stereocenters. The molecular formula is C16H17FN2O3. The number of hydrogen-bond donors (Lipinski definition) is 2. The van der Waals surface area contributed by atoms with Crippen LogP contribution in [0.25, 0.3) is 0 Å². The van der Waals surface area contributed by atoms with Crippen molar-refractivity contribution in [2.45, 2.75) is 19.4 Å². The maximum atomic E-state index is 13.1. The first-order valence-electron chi connectivity index (χ1n) is 6.90. The van der Waals surface area contributed by atoms with Crippen LogP contribution in [-0.4, -0.2) is 22.6 Å². The number of carbonyl (C=O) groups excluding carboxylic acids is 1. The zero-order valence-electron chi connectivity index (χ0n) is 12.1. The Morgan fingerprint density at radius 3 is 2.86 bits per heavy atom. The molecule has 6 heteroatoms. The van der Waals surface area contributed by atoms with Crippen LogP contribution in [0.15, 0.2) is 42.6 Å². The minimum Gasteiger partial charge on any atom is -0.478 e. The molecule has 2 aromatic rings. The third-order valence-corrected chi connectivity index (χ3v) is 2.92. The fourth-order valence-electron chi connectivity index (χ4n) is 1.91. The number of aliphatic hydroxyl groups is 1. The van der Waals surface area contributed by atoms with Gasteiger partial charge in [0.25, 0.3) is 0 Å². The van der Waals surface area contributed by atoms with Gasteiger partial charge in [-0.15, -0.1) is 0 Å². The number of nitrogens with zero attached hydrogens (tertiary/aromatic N) is 1. The van der Waals surface area contributed by atoms with Crippen LogP contribution in [0.2, 0.25) is 0 Å². The summed E-state index contributed by atoms with van der Waals surface area (Å²) in [6.45, 7) is 2.36. The summed E-state index contributed by atoms with van der Waals surface area (Å²) < 4.78 is 18.3. The molecule has 1 atom stereocenters. The summed E-state index contributed by atoms with van der Waals surface area (Å²) in [5, 5.41) is 12.6. The number of halogens is 1. The zero-order valence-corrected chi connectivity index (χ0v) is 12.1. The molecule has 22 heavy (non-hydrogen) atoms. The summed E-state index contributed by atoms with van der Waals surface area (Å²) >= 11 is 0. The monoisotopic (exact) mass is 304 g/mol. The van der Waals surface area contributed by atoms with Crippen LogP contribution in [0.3, 0.4) is 0 Å². The van der Waals surface area contributed by atoms with Crippen molar-refractivity contribution >= 4 is 11.6 Å². The first-order valence-corrected chi connectivity index (χ1v) is 6.90. The van der Waals surface area contributed by atoms with Crippen LogP contribution in [0.4, 0.5) is 10.1 Å². The van der Waals surface area contributed by atoms with Crippen molar-refractivity contribution < 1.29 is 19.0 Å². The number of ether oxygens (including phenoxy) is 1. The van der Waals surface area contributed by atoms with E-state index in [1.54, 1.807) is 18.2 Å². The minimum atomic E-state index is -1.06. The van der Waals surface area contributed by atoms with Gasteiger partial charge >= 0.3 is 0 Å². The number of aliphatic hydroxyl groups excluding tert-OH is 1. The molecule has 0 aliphatic heterocycles. The number of aromatic nitrogens is 1. The van der Waals surface area contributed by atoms with Crippen molar-refractivity contribution in [1.29, 1.82) is 0 Å². The van der Waals surface area contributed by atoms with Crippen molar-refractivity contribution in [1.82, 2.24) is 4.98 Å². The van der Waals surface area contributed by atoms with E-state index in [1.165, 1.54) is 24.4 Å². The molecule has 0 bridgehead atoms. The molecule has 2 rings (SSSR count). The normalized spacial score (nSPS) is 11.8. The molecule has 1 aromatic carbocycles. The van der Waals surface area contributed by atoms with Crippen molar-refractivity contribution in [2.24, 2.45) is 0 Å². The second kappa shape index (κ2) is 7.51. The summed E-state index contributed by atoms with van der Waals surface area (Å²) in [7, 11) is 0. The maximum absolute atomic E-state index is 13.1. The van der Waals surface area contributed by atoms with E-state index in [-0.39, 0.29) is 12.3 Å². The van der Waals surface area contributed by atoms with Gasteiger partial charge in [-0.3, -0.25) is 4.79 Å². The lowest BCUT2D eigenvalue weighted by Gasteiger charge is -2.11. The van der Waals surface area contributed by atoms with Gasteiger partial charge in [-0.05, 0) is 30.7 Å². The van der Waals surface area contributed by atoms with E-state index >= 15 is 0 Å². The van der Waals surface area contributed by atoms with Crippen LogP contribution in [0, 0.1) is 5.82 Å². The van der Waals surface area contributed by atoms with Crippen LogP contribution in [0.1, 0.15) is 25.0 Å². The Kier molecular flexibility index (Phi) is 5.43. The summed E-state index contributed by atoms with van der Waals surface area (Å²) in [5.74, 6) is -0.365. The van der Waals surface area contributed by atoms with Crippen LogP contribution < -0.4 is 10.1 Å². The highest BCUT2D eigenvalue weighted by atomic mass is 19.1. The lowest BCUT2D eigenvalue weighted by Crippen LogP contribution is -2.15. The van der Waals surface area contributed by atoms with E-state index in [2.05, 4.69) is 10.3 Å². The molecule has 0 saturated heterocycles. The lowest BCUT2D eigenvalue weighted by atomic mass is 10.1. The van der Waals surface area contributed by atoms with Gasteiger partial charge < -0.3 is 15.2 Å². The zero-order chi connectivity index (χ0) is 15.9. The molecule has 0 aliphatic rings. The van der Waals surface area contributed by atoms with Crippen LogP contribution in [-0.2, 0) is 4.79 Å². The summed E-state index contributed by atoms with van der Waals surface area (Å²) in [6, 6.07) is 8.84. The fraction of sp³-hybridized carbons (Fsp3) is 0.250. The first-order chi connectivity index (χ1) is 10.6. The highest BCUT2D eigenvalue weighted by Gasteiger charge is 2.14. The van der Waals surface area contributed by atoms with Crippen molar-refractivity contribution in [2.75, 3.05) is 11.9 Å². The van der Waals surface area contributed by atoms with E-state index < -0.39 is 11.9 Å². The van der Waals surface area contributed by atoms with Crippen LogP contribution >= 0.6 is 0 Å². The molecule has 116 valence electrons. The molecule has 1 aromatic heterocycles. The van der Waals surface area contributed by atoms with Crippen molar-refractivity contribution in [3.63, 3.8) is 0 Å². The highest BCUT2D eigenvalue weighted by Crippen LogP contribution is 2.19. The Morgan fingerprint density at radius 2 is 2.23 bits per heavy atom. The summed E-state index contributed by atoms with van der Waals surface area (Å²) in [6.07, 6.45) is 0.236. The molecular weight excluding hydrogens is 287 g/mol. The minimum absolute atomic E-state index is 0.170. The van der Waals surface area contributed by atoms with Crippen molar-refractivity contribution in [3.8, 4) is 5.88 Å². The van der Waals surface area contributed by atoms with Gasteiger partial charge in [-0.1, -0.05) is 12.1 Å². The lowest BCUT2D eigenvalue weighted by molar-refractivity contribution is -0.118. The largest absolute Gasteiger partial charge is 0.478 e. The van der Waals surface area contributed by atoms with Crippen molar-refractivity contribution in [3.05, 3.63) is 54.0 Å². The molecule has 0 aliphatic carbocycles. The van der Waals surface area contributed by atoms with E-state index in [4.69, 9.17) is 4.74 Å². The number of pyridine rings is 1. The number of hydrogen-bond acceptors (Lipinski definition) is 4. The molecule has 5 nitrogen and oxygen atoms in total. The van der Waals surface area contributed by atoms with E-state index in [0.717, 1.165) is 0 Å². The predicted octanol–water partition coefficient (Wildman–Crippen LogP) is 2.68. The van der Waals surface area contributed by atoms with Gasteiger partial charge in [-0.25, -0.2) is 9.37 Å². The standard InChI is InChI=1S/C16H17FN2O3/c1-2-22-16-7-6-13(10-18-16)19-15(21)9-14(20)11-4-3-5-12(17)8-11/h3-8,10,14,20H,2,9H2,1H3,(H,19,21).